The van der Waals surface area contributed by atoms with Gasteiger partial charge in [-0.25, -0.2) is 9.78 Å². The monoisotopic (exact) mass is 375 g/mol. The molecule has 0 saturated heterocycles. The maximum Gasteiger partial charge on any atom is 0.329 e. The van der Waals surface area contributed by atoms with Gasteiger partial charge in [0.05, 0.1) is 0 Å². The summed E-state index contributed by atoms with van der Waals surface area (Å²) in [5, 5.41) is 0.626. The number of aryl methyl sites for hydroxylation is 2. The lowest BCUT2D eigenvalue weighted by atomic mass is 10.2. The van der Waals surface area contributed by atoms with Crippen LogP contribution in [0.5, 0.6) is 0 Å². The number of nitrogens with one attached hydrogen (secondary N) is 2. The van der Waals surface area contributed by atoms with Gasteiger partial charge in [-0.05, 0) is 17.7 Å². The number of hydrogen-bond acceptors (Lipinski definition) is 4. The van der Waals surface area contributed by atoms with E-state index in [0.29, 0.717) is 23.8 Å². The second kappa shape index (κ2) is 7.17. The summed E-state index contributed by atoms with van der Waals surface area (Å²) in [4.78, 5) is 46.7. The number of fused-ring (bicyclic) bond motifs is 1. The number of imidazole rings is 1. The van der Waals surface area contributed by atoms with Gasteiger partial charge < -0.3 is 9.88 Å². The Bertz CT molecular complexity index is 1080. The van der Waals surface area contributed by atoms with Crippen molar-refractivity contribution in [2.75, 3.05) is 7.05 Å². The van der Waals surface area contributed by atoms with Crippen LogP contribution < -0.4 is 11.2 Å². The molecule has 2 N–H and O–H groups in total. The van der Waals surface area contributed by atoms with E-state index in [1.165, 1.54) is 11.6 Å². The van der Waals surface area contributed by atoms with E-state index in [4.69, 9.17) is 11.6 Å². The zero-order valence-corrected chi connectivity index (χ0v) is 15.1. The summed E-state index contributed by atoms with van der Waals surface area (Å²) < 4.78 is 1.25. The maximum atomic E-state index is 12.3. The third kappa shape index (κ3) is 3.70. The molecule has 3 rings (SSSR count). The minimum atomic E-state index is -0.530. The Balaban J connectivity index is 1.68. The van der Waals surface area contributed by atoms with Crippen molar-refractivity contribution in [1.29, 1.82) is 0 Å². The fourth-order valence-corrected chi connectivity index (χ4v) is 2.90. The van der Waals surface area contributed by atoms with Crippen LogP contribution >= 0.6 is 11.6 Å². The van der Waals surface area contributed by atoms with Crippen molar-refractivity contribution in [3.05, 3.63) is 61.5 Å². The highest BCUT2D eigenvalue weighted by Crippen LogP contribution is 2.13. The summed E-state index contributed by atoms with van der Waals surface area (Å²) in [7, 11) is 3.24. The highest BCUT2D eigenvalue weighted by atomic mass is 35.5. The van der Waals surface area contributed by atoms with Crippen LogP contribution in [0.2, 0.25) is 5.02 Å². The first-order valence-electron chi connectivity index (χ1n) is 8.01. The Hall–Kier alpha value is -2.87. The molecule has 0 unspecified atom stereocenters. The van der Waals surface area contributed by atoms with E-state index < -0.39 is 11.2 Å². The average molecular weight is 376 g/mol. The molecule has 8 nitrogen and oxygen atoms in total. The lowest BCUT2D eigenvalue weighted by Crippen LogP contribution is -2.28. The number of amides is 1. The van der Waals surface area contributed by atoms with Gasteiger partial charge in [0, 0.05) is 38.5 Å². The van der Waals surface area contributed by atoms with Crippen LogP contribution in [0, 0.1) is 0 Å². The molecule has 9 heteroatoms. The second-order valence-electron chi connectivity index (χ2n) is 6.08. The van der Waals surface area contributed by atoms with Gasteiger partial charge in [-0.15, -0.1) is 0 Å². The number of rotatable bonds is 5. The molecule has 1 aromatic carbocycles. The molecule has 0 aliphatic rings. The van der Waals surface area contributed by atoms with E-state index in [2.05, 4.69) is 15.0 Å². The van der Waals surface area contributed by atoms with Gasteiger partial charge in [0.15, 0.2) is 5.65 Å². The molecule has 0 saturated carbocycles. The van der Waals surface area contributed by atoms with Gasteiger partial charge in [0.2, 0.25) is 5.91 Å². The third-order valence-corrected chi connectivity index (χ3v) is 4.35. The predicted molar refractivity (Wildman–Crippen MR) is 98.2 cm³/mol. The third-order valence-electron chi connectivity index (χ3n) is 4.11. The molecular weight excluding hydrogens is 358 g/mol. The molecule has 3 aromatic rings. The number of hydrogen-bond donors (Lipinski definition) is 2. The summed E-state index contributed by atoms with van der Waals surface area (Å²) >= 11 is 5.96. The van der Waals surface area contributed by atoms with E-state index >= 15 is 0 Å². The molecule has 1 amide bonds. The van der Waals surface area contributed by atoms with E-state index in [-0.39, 0.29) is 23.5 Å². The molecule has 0 bridgehead atoms. The molecule has 26 heavy (non-hydrogen) atoms. The summed E-state index contributed by atoms with van der Waals surface area (Å²) in [6, 6.07) is 7.34. The minimum Gasteiger partial charge on any atom is -0.341 e. The Kier molecular flexibility index (Phi) is 4.94. The standard InChI is InChI=1S/C17H18ClN5O3/c1-22(9-10-4-3-5-11(18)8-10)13(24)7-6-12-19-14-15(20-12)23(2)17(26)21-16(14)25/h3-5,8H,6-7,9H2,1-2H3,(H,19,20)(H,21,25,26). The first-order chi connectivity index (χ1) is 12.3. The topological polar surface area (TPSA) is 104 Å². The molecule has 0 aliphatic heterocycles. The zero-order chi connectivity index (χ0) is 18.8. The molecule has 0 radical (unpaired) electrons. The molecule has 0 atom stereocenters. The van der Waals surface area contributed by atoms with Crippen LogP contribution in [-0.4, -0.2) is 37.4 Å². The lowest BCUT2D eigenvalue weighted by Gasteiger charge is -2.17. The van der Waals surface area contributed by atoms with Gasteiger partial charge in [-0.2, -0.15) is 0 Å². The number of nitrogens with zero attached hydrogens (tertiary/aromatic N) is 3. The van der Waals surface area contributed by atoms with E-state index in [1.807, 2.05) is 18.2 Å². The quantitative estimate of drug-likeness (QED) is 0.699. The van der Waals surface area contributed by atoms with Crippen molar-refractivity contribution in [3.63, 3.8) is 0 Å². The number of aromatic nitrogens is 4. The minimum absolute atomic E-state index is 0.0618. The highest BCUT2D eigenvalue weighted by Gasteiger charge is 2.14. The Morgan fingerprint density at radius 3 is 2.81 bits per heavy atom. The van der Waals surface area contributed by atoms with Crippen molar-refractivity contribution in [2.24, 2.45) is 7.05 Å². The largest absolute Gasteiger partial charge is 0.341 e. The second-order valence-corrected chi connectivity index (χ2v) is 6.52. The van der Waals surface area contributed by atoms with E-state index in [9.17, 15) is 14.4 Å². The molecule has 136 valence electrons. The smallest absolute Gasteiger partial charge is 0.329 e. The summed E-state index contributed by atoms with van der Waals surface area (Å²) in [5.74, 6) is 0.421. The normalized spacial score (nSPS) is 11.0. The first-order valence-corrected chi connectivity index (χ1v) is 8.39. The van der Waals surface area contributed by atoms with Crippen molar-refractivity contribution < 1.29 is 4.79 Å². The van der Waals surface area contributed by atoms with Crippen LogP contribution in [0.4, 0.5) is 0 Å². The molecule has 0 spiro atoms. The number of halogens is 1. The molecular formula is C17H18ClN5O3. The van der Waals surface area contributed by atoms with Crippen molar-refractivity contribution in [1.82, 2.24) is 24.4 Å². The lowest BCUT2D eigenvalue weighted by molar-refractivity contribution is -0.130. The van der Waals surface area contributed by atoms with Gasteiger partial charge >= 0.3 is 5.69 Å². The van der Waals surface area contributed by atoms with Crippen LogP contribution in [0.1, 0.15) is 17.8 Å². The Labute approximate surface area is 153 Å². The highest BCUT2D eigenvalue weighted by molar-refractivity contribution is 6.30. The number of H-pyrrole nitrogens is 2. The number of carbonyl (C=O) groups is 1. The number of carbonyl (C=O) groups excluding carboxylic acids is 1. The van der Waals surface area contributed by atoms with Gasteiger partial charge in [-0.1, -0.05) is 23.7 Å². The van der Waals surface area contributed by atoms with Crippen LogP contribution in [0.25, 0.3) is 11.2 Å². The predicted octanol–water partition coefficient (Wildman–Crippen LogP) is 1.19. The summed E-state index contributed by atoms with van der Waals surface area (Å²) in [6.45, 7) is 0.452. The van der Waals surface area contributed by atoms with Crippen molar-refractivity contribution in [3.8, 4) is 0 Å². The fraction of sp³-hybridized carbons (Fsp3) is 0.294. The van der Waals surface area contributed by atoms with Crippen LogP contribution in [0.15, 0.2) is 33.9 Å². The van der Waals surface area contributed by atoms with Crippen molar-refractivity contribution in [2.45, 2.75) is 19.4 Å². The van der Waals surface area contributed by atoms with Crippen LogP contribution in [-0.2, 0) is 24.8 Å². The molecule has 2 heterocycles. The molecule has 2 aromatic heterocycles. The Morgan fingerprint density at radius 1 is 1.31 bits per heavy atom. The van der Waals surface area contributed by atoms with Gasteiger partial charge in [0.25, 0.3) is 5.56 Å². The average Bonchev–Trinajstić information content (AvgIpc) is 3.02. The summed E-state index contributed by atoms with van der Waals surface area (Å²) in [6.07, 6.45) is 0.559. The molecule has 0 aliphatic carbocycles. The molecule has 0 fully saturated rings. The Morgan fingerprint density at radius 2 is 2.08 bits per heavy atom. The zero-order valence-electron chi connectivity index (χ0n) is 14.4. The maximum absolute atomic E-state index is 12.3. The van der Waals surface area contributed by atoms with Crippen LogP contribution in [0.3, 0.4) is 0 Å². The number of aromatic amines is 2. The van der Waals surface area contributed by atoms with Gasteiger partial charge in [0.1, 0.15) is 11.3 Å². The SMILES string of the molecule is CN(Cc1cccc(Cl)c1)C(=O)CCc1nc2c([nH]1)c(=O)[nH]c(=O)n2C. The first kappa shape index (κ1) is 17.9. The van der Waals surface area contributed by atoms with E-state index in [1.54, 1.807) is 18.0 Å². The number of benzene rings is 1. The fourth-order valence-electron chi connectivity index (χ4n) is 2.68. The van der Waals surface area contributed by atoms with E-state index in [0.717, 1.165) is 5.56 Å². The van der Waals surface area contributed by atoms with Crippen molar-refractivity contribution >= 4 is 28.7 Å². The summed E-state index contributed by atoms with van der Waals surface area (Å²) in [5.41, 5.74) is 0.387. The van der Waals surface area contributed by atoms with Gasteiger partial charge in [-0.3, -0.25) is 19.1 Å².